The summed E-state index contributed by atoms with van der Waals surface area (Å²) in [5.74, 6) is 2.40. The monoisotopic (exact) mass is 423 g/mol. The maximum atomic E-state index is 12.9. The van der Waals surface area contributed by atoms with Gasteiger partial charge in [-0.1, -0.05) is 42.3 Å². The van der Waals surface area contributed by atoms with Gasteiger partial charge in [-0.05, 0) is 68.3 Å². The Kier molecular flexibility index (Phi) is 4.88. The number of carbonyl (C=O) groups is 1. The Morgan fingerprint density at radius 3 is 2.16 bits per heavy atom. The molecule has 1 aliphatic rings. The molecule has 2 unspecified atom stereocenters. The second-order valence-corrected chi connectivity index (χ2v) is 10.0. The smallest absolute Gasteiger partial charge is 0.339 e. The van der Waals surface area contributed by atoms with Crippen LogP contribution in [0.15, 0.2) is 84.9 Å². The minimum absolute atomic E-state index is 0.0636. The van der Waals surface area contributed by atoms with Gasteiger partial charge in [-0.15, -0.1) is 6.42 Å². The summed E-state index contributed by atoms with van der Waals surface area (Å²) in [6.45, 7) is 1.83. The van der Waals surface area contributed by atoms with Gasteiger partial charge in [0, 0.05) is 27.2 Å². The van der Waals surface area contributed by atoms with Crippen LogP contribution in [-0.2, 0) is 4.74 Å². The molecule has 3 heteroatoms. The van der Waals surface area contributed by atoms with E-state index in [0.29, 0.717) is 5.56 Å². The van der Waals surface area contributed by atoms with E-state index in [0.717, 1.165) is 12.8 Å². The number of allylic oxidation sites excluding steroid dienone is 1. The molecule has 5 rings (SSSR count). The molecule has 0 N–H and O–H groups in total. The van der Waals surface area contributed by atoms with Crippen LogP contribution in [0.25, 0.3) is 25.1 Å². The van der Waals surface area contributed by atoms with Crippen molar-refractivity contribution in [1.29, 1.82) is 0 Å². The van der Waals surface area contributed by atoms with Crippen molar-refractivity contribution in [2.75, 3.05) is 0 Å². The summed E-state index contributed by atoms with van der Waals surface area (Å²) in [6, 6.07) is 24.9. The Bertz CT molecular complexity index is 1300. The number of ether oxygens (including phenoxy) is 1. The van der Waals surface area contributed by atoms with E-state index in [1.807, 2.05) is 31.2 Å². The first-order valence-electron chi connectivity index (χ1n) is 10.5. The van der Waals surface area contributed by atoms with Gasteiger partial charge in [-0.3, -0.25) is 0 Å². The second kappa shape index (κ2) is 7.72. The number of fused-ring (bicyclic) bond motifs is 3. The van der Waals surface area contributed by atoms with Crippen molar-refractivity contribution in [3.8, 4) is 17.2 Å². The maximum Gasteiger partial charge on any atom is 0.339 e. The fourth-order valence-corrected chi connectivity index (χ4v) is 6.77. The van der Waals surface area contributed by atoms with Gasteiger partial charge in [0.15, 0.2) is 19.9 Å². The molecule has 3 aromatic carbocycles. The minimum atomic E-state index is -0.923. The summed E-state index contributed by atoms with van der Waals surface area (Å²) in [6.07, 6.45) is 11.8. The lowest BCUT2D eigenvalue weighted by molar-refractivity contribution is -0.000692. The fraction of sp³-hybridized carbons (Fsp3) is 0.179. The number of hydrogen-bond acceptors (Lipinski definition) is 2. The summed E-state index contributed by atoms with van der Waals surface area (Å²) in [5.41, 5.74) is -0.398. The van der Waals surface area contributed by atoms with Gasteiger partial charge in [-0.2, -0.15) is 0 Å². The van der Waals surface area contributed by atoms with Crippen molar-refractivity contribution >= 4 is 36.6 Å². The van der Waals surface area contributed by atoms with E-state index in [4.69, 9.17) is 11.2 Å². The molecular weight excluding hydrogens is 400 g/mol. The van der Waals surface area contributed by atoms with Gasteiger partial charge in [0.25, 0.3) is 0 Å². The largest absolute Gasteiger partial charge is 0.442 e. The van der Waals surface area contributed by atoms with Crippen LogP contribution in [-0.4, -0.2) is 11.6 Å². The molecule has 0 bridgehead atoms. The fourth-order valence-electron chi connectivity index (χ4n) is 4.39. The van der Waals surface area contributed by atoms with E-state index in [1.165, 1.54) is 25.1 Å². The molecule has 1 heterocycles. The van der Waals surface area contributed by atoms with Crippen molar-refractivity contribution in [3.05, 3.63) is 90.5 Å². The molecule has 2 atom stereocenters. The lowest BCUT2D eigenvalue weighted by Crippen LogP contribution is -2.36. The third-order valence-corrected chi connectivity index (χ3v) is 8.48. The Labute approximate surface area is 185 Å². The molecule has 4 aromatic rings. The Morgan fingerprint density at radius 2 is 1.61 bits per heavy atom. The average molecular weight is 424 g/mol. The third-order valence-electron chi connectivity index (χ3n) is 6.14. The van der Waals surface area contributed by atoms with Crippen LogP contribution in [0.1, 0.15) is 30.1 Å². The zero-order valence-electron chi connectivity index (χ0n) is 17.4. The molecule has 0 radical (unpaired) electrons. The van der Waals surface area contributed by atoms with Crippen LogP contribution >= 0.6 is 10.5 Å². The predicted molar refractivity (Wildman–Crippen MR) is 130 cm³/mol. The molecule has 0 saturated carbocycles. The SMILES string of the molecule is C#CC(C)(OC(=O)c1ccc(-[s+]2c3ccccc3c3ccccc32)cc1)C1C=CCC1. The summed E-state index contributed by atoms with van der Waals surface area (Å²) >= 11 is 0. The van der Waals surface area contributed by atoms with Crippen molar-refractivity contribution in [2.24, 2.45) is 5.92 Å². The number of rotatable bonds is 4. The summed E-state index contributed by atoms with van der Waals surface area (Å²) in [4.78, 5) is 14.1. The number of thiophene rings is 1. The first-order chi connectivity index (χ1) is 15.1. The highest BCUT2D eigenvalue weighted by atomic mass is 32.2. The van der Waals surface area contributed by atoms with Crippen molar-refractivity contribution in [3.63, 3.8) is 0 Å². The van der Waals surface area contributed by atoms with E-state index in [2.05, 4.69) is 66.6 Å². The van der Waals surface area contributed by atoms with Crippen LogP contribution in [0.2, 0.25) is 0 Å². The molecule has 0 spiro atoms. The normalized spacial score (nSPS) is 17.5. The third kappa shape index (κ3) is 3.34. The van der Waals surface area contributed by atoms with E-state index < -0.39 is 5.60 Å². The number of esters is 1. The first-order valence-corrected chi connectivity index (χ1v) is 11.7. The van der Waals surface area contributed by atoms with Crippen molar-refractivity contribution in [1.82, 2.24) is 0 Å². The first kappa shape index (κ1) is 19.6. The quantitative estimate of drug-likeness (QED) is 0.150. The molecule has 0 fully saturated rings. The van der Waals surface area contributed by atoms with Crippen LogP contribution in [0.3, 0.4) is 0 Å². The van der Waals surface area contributed by atoms with Crippen LogP contribution in [0.4, 0.5) is 0 Å². The van der Waals surface area contributed by atoms with E-state index >= 15 is 0 Å². The summed E-state index contributed by atoms with van der Waals surface area (Å²) < 4.78 is 8.46. The molecule has 0 amide bonds. The molecule has 31 heavy (non-hydrogen) atoms. The van der Waals surface area contributed by atoms with Crippen molar-refractivity contribution in [2.45, 2.75) is 25.4 Å². The van der Waals surface area contributed by atoms with Gasteiger partial charge < -0.3 is 4.74 Å². The van der Waals surface area contributed by atoms with Gasteiger partial charge in [0.1, 0.15) is 0 Å². The summed E-state index contributed by atoms with van der Waals surface area (Å²) in [7, 11) is -0.178. The lowest BCUT2D eigenvalue weighted by Gasteiger charge is -2.29. The Balaban J connectivity index is 1.49. The van der Waals surface area contributed by atoms with Gasteiger partial charge in [0.05, 0.1) is 5.56 Å². The highest BCUT2D eigenvalue weighted by molar-refractivity contribution is 7.50. The number of terminal acetylenes is 1. The van der Waals surface area contributed by atoms with Crippen LogP contribution < -0.4 is 0 Å². The number of carbonyl (C=O) groups excluding carboxylic acids is 1. The minimum Gasteiger partial charge on any atom is -0.442 e. The molecule has 1 aromatic heterocycles. The van der Waals surface area contributed by atoms with Gasteiger partial charge in [-0.25, -0.2) is 4.79 Å². The van der Waals surface area contributed by atoms with Crippen LogP contribution in [0, 0.1) is 18.3 Å². The molecule has 152 valence electrons. The molecule has 2 nitrogen and oxygen atoms in total. The van der Waals surface area contributed by atoms with Gasteiger partial charge >= 0.3 is 5.97 Å². The number of benzene rings is 3. The Morgan fingerprint density at radius 1 is 1.00 bits per heavy atom. The van der Waals surface area contributed by atoms with E-state index in [9.17, 15) is 4.79 Å². The average Bonchev–Trinajstić information content (AvgIpc) is 3.46. The molecule has 0 aliphatic heterocycles. The lowest BCUT2D eigenvalue weighted by atomic mass is 9.89. The second-order valence-electron chi connectivity index (χ2n) is 8.08. The Hall–Kier alpha value is -3.35. The zero-order valence-corrected chi connectivity index (χ0v) is 18.2. The summed E-state index contributed by atoms with van der Waals surface area (Å²) in [5, 5.41) is 2.58. The van der Waals surface area contributed by atoms with Crippen LogP contribution in [0.5, 0.6) is 0 Å². The molecule has 0 saturated heterocycles. The maximum absolute atomic E-state index is 12.9. The number of hydrogen-bond donors (Lipinski definition) is 0. The predicted octanol–water partition coefficient (Wildman–Crippen LogP) is 7.25. The topological polar surface area (TPSA) is 26.3 Å². The zero-order chi connectivity index (χ0) is 21.4. The standard InChI is InChI=1S/C28H23O2S/c1-3-28(2,21-10-4-5-11-21)30-27(29)20-16-18-22(19-17-20)31-25-14-8-6-12-23(25)24-13-7-9-15-26(24)31/h1,4,6-10,12-19,21H,5,11H2,2H3/q+1. The van der Waals surface area contributed by atoms with Crippen molar-refractivity contribution < 1.29 is 9.53 Å². The highest BCUT2D eigenvalue weighted by Crippen LogP contribution is 2.48. The highest BCUT2D eigenvalue weighted by Gasteiger charge is 2.36. The van der Waals surface area contributed by atoms with Gasteiger partial charge in [0.2, 0.25) is 0 Å². The van der Waals surface area contributed by atoms with E-state index in [-0.39, 0.29) is 22.4 Å². The van der Waals surface area contributed by atoms with E-state index in [1.54, 1.807) is 0 Å². The molecule has 1 aliphatic carbocycles. The molecular formula is C28H23O2S+.